The number of anilines is 1. The molecule has 124 valence electrons. The molecule has 0 bridgehead atoms. The molecular weight excluding hydrogens is 316 g/mol. The topological polar surface area (TPSA) is 104 Å². The molecule has 1 saturated carbocycles. The summed E-state index contributed by atoms with van der Waals surface area (Å²) in [4.78, 5) is 33.1. The number of nitrogens with one attached hydrogen (secondary N) is 2. The number of hydrogen-bond donors (Lipinski definition) is 3. The van der Waals surface area contributed by atoms with Crippen molar-refractivity contribution in [1.82, 2.24) is 15.3 Å². The highest BCUT2D eigenvalue weighted by molar-refractivity contribution is 7.98. The number of fused-ring (bicyclic) bond motifs is 1. The average molecular weight is 336 g/mol. The van der Waals surface area contributed by atoms with Gasteiger partial charge in [0, 0.05) is 12.6 Å². The number of thioether (sulfide) groups is 1. The molecule has 0 aromatic carbocycles. The van der Waals surface area contributed by atoms with E-state index < -0.39 is 11.6 Å². The molecule has 1 aromatic rings. The van der Waals surface area contributed by atoms with Crippen molar-refractivity contribution in [2.45, 2.75) is 48.8 Å². The first kappa shape index (κ1) is 16.2. The Morgan fingerprint density at radius 3 is 2.91 bits per heavy atom. The molecule has 0 spiro atoms. The summed E-state index contributed by atoms with van der Waals surface area (Å²) in [5, 5.41) is 16.1. The Balaban J connectivity index is 1.76. The number of Topliss-reactive ketones (excluding diaryl/α,β-unsaturated/α-hetero) is 1. The highest BCUT2D eigenvalue weighted by Crippen LogP contribution is 2.30. The summed E-state index contributed by atoms with van der Waals surface area (Å²) in [6, 6.07) is -0.663. The van der Waals surface area contributed by atoms with E-state index in [2.05, 4.69) is 20.6 Å². The fourth-order valence-electron chi connectivity index (χ4n) is 3.17. The number of rotatable bonds is 4. The summed E-state index contributed by atoms with van der Waals surface area (Å²) in [5.41, 5.74) is -0.123. The van der Waals surface area contributed by atoms with Gasteiger partial charge in [-0.3, -0.25) is 9.59 Å². The average Bonchev–Trinajstić information content (AvgIpc) is 3.03. The highest BCUT2D eigenvalue weighted by Gasteiger charge is 2.38. The molecule has 3 rings (SSSR count). The third kappa shape index (κ3) is 3.18. The van der Waals surface area contributed by atoms with Crippen LogP contribution in [0.25, 0.3) is 0 Å². The van der Waals surface area contributed by atoms with Crippen molar-refractivity contribution < 1.29 is 14.7 Å². The number of carbonyl (C=O) groups excluding carboxylic acids is 2. The van der Waals surface area contributed by atoms with Gasteiger partial charge in [-0.1, -0.05) is 24.6 Å². The minimum atomic E-state index is -0.663. The standard InChI is InChI=1S/C15H20N4O3S/c1-23-14-16-7-9-11(21)6-10(17-12(9)18-14)13(22)19-15(8-20)4-2-3-5-15/h7,10,20H,2-6,8H2,1H3,(H,19,22)(H,16,17,18). The Bertz CT molecular complexity index is 631. The molecule has 0 radical (unpaired) electrons. The Kier molecular flexibility index (Phi) is 4.54. The first-order valence-electron chi connectivity index (χ1n) is 7.70. The van der Waals surface area contributed by atoms with Crippen LogP contribution < -0.4 is 10.6 Å². The van der Waals surface area contributed by atoms with Crippen molar-refractivity contribution in [3.63, 3.8) is 0 Å². The van der Waals surface area contributed by atoms with Crippen molar-refractivity contribution in [2.24, 2.45) is 0 Å². The number of nitrogens with zero attached hydrogens (tertiary/aromatic N) is 2. The number of aliphatic hydroxyl groups excluding tert-OH is 1. The van der Waals surface area contributed by atoms with E-state index in [1.807, 2.05) is 6.26 Å². The number of amides is 1. The number of carbonyl (C=O) groups is 2. The third-order valence-corrected chi connectivity index (χ3v) is 5.08. The summed E-state index contributed by atoms with van der Waals surface area (Å²) in [7, 11) is 0. The zero-order valence-electron chi connectivity index (χ0n) is 13.0. The zero-order chi connectivity index (χ0) is 16.4. The molecule has 7 nitrogen and oxygen atoms in total. The predicted molar refractivity (Wildman–Crippen MR) is 86.6 cm³/mol. The van der Waals surface area contributed by atoms with Crippen LogP contribution in [0.5, 0.6) is 0 Å². The van der Waals surface area contributed by atoms with Gasteiger partial charge in [-0.2, -0.15) is 0 Å². The molecule has 1 aromatic heterocycles. The van der Waals surface area contributed by atoms with Crippen LogP contribution >= 0.6 is 11.8 Å². The van der Waals surface area contributed by atoms with Gasteiger partial charge in [0.25, 0.3) is 0 Å². The first-order chi connectivity index (χ1) is 11.1. The van der Waals surface area contributed by atoms with Crippen LogP contribution in [0.15, 0.2) is 11.4 Å². The van der Waals surface area contributed by atoms with Crippen LogP contribution in [0.3, 0.4) is 0 Å². The summed E-state index contributed by atoms with van der Waals surface area (Å²) in [6.45, 7) is -0.0746. The maximum atomic E-state index is 12.5. The van der Waals surface area contributed by atoms with Crippen molar-refractivity contribution in [3.8, 4) is 0 Å². The molecular formula is C15H20N4O3S. The number of hydrogen-bond acceptors (Lipinski definition) is 7. The van der Waals surface area contributed by atoms with Crippen molar-refractivity contribution in [3.05, 3.63) is 11.8 Å². The van der Waals surface area contributed by atoms with Crippen LogP contribution in [0, 0.1) is 0 Å². The van der Waals surface area contributed by atoms with E-state index in [1.54, 1.807) is 0 Å². The number of aliphatic hydroxyl groups is 1. The van der Waals surface area contributed by atoms with E-state index >= 15 is 0 Å². The van der Waals surface area contributed by atoms with E-state index in [0.717, 1.165) is 25.7 Å². The third-order valence-electron chi connectivity index (χ3n) is 4.52. The largest absolute Gasteiger partial charge is 0.394 e. The molecule has 1 amide bonds. The zero-order valence-corrected chi connectivity index (χ0v) is 13.8. The van der Waals surface area contributed by atoms with Crippen LogP contribution in [-0.4, -0.2) is 51.2 Å². The van der Waals surface area contributed by atoms with E-state index in [9.17, 15) is 14.7 Å². The summed E-state index contributed by atoms with van der Waals surface area (Å²) < 4.78 is 0. The first-order valence-corrected chi connectivity index (χ1v) is 8.93. The lowest BCUT2D eigenvalue weighted by molar-refractivity contribution is -0.124. The lowest BCUT2D eigenvalue weighted by Crippen LogP contribution is -2.55. The van der Waals surface area contributed by atoms with Crippen LogP contribution in [0.1, 0.15) is 42.5 Å². The molecule has 1 aliphatic carbocycles. The van der Waals surface area contributed by atoms with Crippen LogP contribution in [0.2, 0.25) is 0 Å². The molecule has 1 aliphatic heterocycles. The van der Waals surface area contributed by atoms with Gasteiger partial charge in [-0.05, 0) is 19.1 Å². The van der Waals surface area contributed by atoms with Gasteiger partial charge in [-0.15, -0.1) is 0 Å². The molecule has 8 heteroatoms. The predicted octanol–water partition coefficient (Wildman–Crippen LogP) is 0.987. The van der Waals surface area contributed by atoms with E-state index in [4.69, 9.17) is 0 Å². The van der Waals surface area contributed by atoms with Gasteiger partial charge in [0.1, 0.15) is 11.9 Å². The van der Waals surface area contributed by atoms with Gasteiger partial charge in [0.15, 0.2) is 10.9 Å². The van der Waals surface area contributed by atoms with E-state index in [0.29, 0.717) is 16.5 Å². The fourth-order valence-corrected chi connectivity index (χ4v) is 3.51. The molecule has 1 unspecified atom stereocenters. The van der Waals surface area contributed by atoms with Crippen molar-refractivity contribution in [1.29, 1.82) is 0 Å². The number of ketones is 1. The van der Waals surface area contributed by atoms with Gasteiger partial charge in [0.2, 0.25) is 5.91 Å². The quantitative estimate of drug-likeness (QED) is 0.556. The summed E-state index contributed by atoms with van der Waals surface area (Å²) in [5.74, 6) is 0.00510. The fraction of sp³-hybridized carbons (Fsp3) is 0.600. The maximum absolute atomic E-state index is 12.5. The summed E-state index contributed by atoms with van der Waals surface area (Å²) >= 11 is 1.37. The second-order valence-electron chi connectivity index (χ2n) is 6.08. The lowest BCUT2D eigenvalue weighted by atomic mass is 9.95. The minimum Gasteiger partial charge on any atom is -0.394 e. The highest BCUT2D eigenvalue weighted by atomic mass is 32.2. The van der Waals surface area contributed by atoms with E-state index in [-0.39, 0.29) is 24.7 Å². The van der Waals surface area contributed by atoms with Gasteiger partial charge >= 0.3 is 0 Å². The molecule has 0 saturated heterocycles. The van der Waals surface area contributed by atoms with Gasteiger partial charge in [-0.25, -0.2) is 9.97 Å². The Labute approximate surface area is 138 Å². The summed E-state index contributed by atoms with van der Waals surface area (Å²) in [6.07, 6.45) is 6.94. The molecule has 2 aliphatic rings. The molecule has 2 heterocycles. The monoisotopic (exact) mass is 336 g/mol. The van der Waals surface area contributed by atoms with Crippen molar-refractivity contribution in [2.75, 3.05) is 18.2 Å². The minimum absolute atomic E-state index is 0.0717. The second-order valence-corrected chi connectivity index (χ2v) is 6.85. The smallest absolute Gasteiger partial charge is 0.243 e. The SMILES string of the molecule is CSc1ncc2c(n1)NC(C(=O)NC1(CO)CCCC1)CC2=O. The normalized spacial score (nSPS) is 22.3. The van der Waals surface area contributed by atoms with Gasteiger partial charge in [0.05, 0.1) is 17.7 Å². The van der Waals surface area contributed by atoms with E-state index in [1.165, 1.54) is 18.0 Å². The molecule has 1 fully saturated rings. The van der Waals surface area contributed by atoms with Crippen LogP contribution in [-0.2, 0) is 4.79 Å². The van der Waals surface area contributed by atoms with Crippen molar-refractivity contribution >= 4 is 29.3 Å². The number of aromatic nitrogens is 2. The Hall–Kier alpha value is -1.67. The lowest BCUT2D eigenvalue weighted by Gasteiger charge is -2.32. The molecule has 3 N–H and O–H groups in total. The maximum Gasteiger partial charge on any atom is 0.243 e. The Morgan fingerprint density at radius 1 is 1.52 bits per heavy atom. The Morgan fingerprint density at radius 2 is 2.26 bits per heavy atom. The van der Waals surface area contributed by atoms with Crippen LogP contribution in [0.4, 0.5) is 5.82 Å². The van der Waals surface area contributed by atoms with Gasteiger partial charge < -0.3 is 15.7 Å². The molecule has 1 atom stereocenters. The second kappa shape index (κ2) is 6.45. The molecule has 23 heavy (non-hydrogen) atoms.